The summed E-state index contributed by atoms with van der Waals surface area (Å²) in [6.45, 7) is 7.18. The number of aromatic nitrogens is 2. The SMILES string of the molecule is CCC(C)(C)c1cccc(C(=O)NCCc2cncn2C)c1.[HH]. The van der Waals surface area contributed by atoms with Gasteiger partial charge in [0.25, 0.3) is 5.91 Å². The van der Waals surface area contributed by atoms with Gasteiger partial charge in [-0.3, -0.25) is 4.79 Å². The second-order valence-corrected chi connectivity index (χ2v) is 6.32. The molecule has 4 nitrogen and oxygen atoms in total. The van der Waals surface area contributed by atoms with Crippen molar-refractivity contribution in [3.8, 4) is 0 Å². The zero-order valence-electron chi connectivity index (χ0n) is 13.9. The molecular formula is C18H27N3O. The number of amides is 1. The first-order valence-electron chi connectivity index (χ1n) is 7.78. The minimum atomic E-state index is -0.0177. The number of benzene rings is 1. The topological polar surface area (TPSA) is 46.9 Å². The van der Waals surface area contributed by atoms with Gasteiger partial charge in [0.15, 0.2) is 0 Å². The van der Waals surface area contributed by atoms with Crippen molar-refractivity contribution in [2.45, 2.75) is 39.0 Å². The Morgan fingerprint density at radius 3 is 2.82 bits per heavy atom. The van der Waals surface area contributed by atoms with Crippen LogP contribution in [0.5, 0.6) is 0 Å². The molecule has 0 atom stereocenters. The maximum atomic E-state index is 12.3. The molecule has 2 rings (SSSR count). The standard InChI is InChI=1S/C18H25N3O.H2/c1-5-18(2,3)15-8-6-7-14(11-15)17(22)20-10-9-16-12-19-13-21(16)4;/h6-8,11-13H,5,9-10H2,1-4H3,(H,20,22);1H. The zero-order valence-corrected chi connectivity index (χ0v) is 13.9. The summed E-state index contributed by atoms with van der Waals surface area (Å²) >= 11 is 0. The molecule has 1 aromatic carbocycles. The van der Waals surface area contributed by atoms with Gasteiger partial charge in [0.1, 0.15) is 0 Å². The number of aryl methyl sites for hydroxylation is 1. The molecule has 0 radical (unpaired) electrons. The van der Waals surface area contributed by atoms with Gasteiger partial charge in [-0.15, -0.1) is 0 Å². The van der Waals surface area contributed by atoms with Gasteiger partial charge in [-0.05, 0) is 29.5 Å². The Hall–Kier alpha value is -2.10. The van der Waals surface area contributed by atoms with E-state index in [9.17, 15) is 4.79 Å². The minimum absolute atomic E-state index is 0. The third-order valence-electron chi connectivity index (χ3n) is 4.37. The molecule has 1 amide bonds. The van der Waals surface area contributed by atoms with Crippen LogP contribution in [-0.2, 0) is 18.9 Å². The zero-order chi connectivity index (χ0) is 16.2. The highest BCUT2D eigenvalue weighted by Crippen LogP contribution is 2.27. The number of carbonyl (C=O) groups excluding carboxylic acids is 1. The van der Waals surface area contributed by atoms with E-state index in [4.69, 9.17) is 0 Å². The molecule has 22 heavy (non-hydrogen) atoms. The maximum Gasteiger partial charge on any atom is 0.251 e. The molecule has 1 heterocycles. The van der Waals surface area contributed by atoms with Crippen LogP contribution in [0.1, 0.15) is 50.2 Å². The fourth-order valence-electron chi connectivity index (χ4n) is 2.32. The van der Waals surface area contributed by atoms with Crippen molar-refractivity contribution in [1.29, 1.82) is 0 Å². The number of hydrogen-bond donors (Lipinski definition) is 1. The first-order valence-corrected chi connectivity index (χ1v) is 7.78. The summed E-state index contributed by atoms with van der Waals surface area (Å²) in [6.07, 6.45) is 5.42. The van der Waals surface area contributed by atoms with E-state index in [1.165, 1.54) is 5.56 Å². The molecule has 0 saturated heterocycles. The van der Waals surface area contributed by atoms with E-state index in [0.717, 1.165) is 24.1 Å². The van der Waals surface area contributed by atoms with Crippen LogP contribution in [0, 0.1) is 0 Å². The predicted molar refractivity (Wildman–Crippen MR) is 91.1 cm³/mol. The molecule has 0 aliphatic rings. The highest BCUT2D eigenvalue weighted by molar-refractivity contribution is 5.94. The molecule has 0 unspecified atom stereocenters. The van der Waals surface area contributed by atoms with Crippen molar-refractivity contribution < 1.29 is 6.22 Å². The predicted octanol–water partition coefficient (Wildman–Crippen LogP) is 3.33. The molecule has 0 saturated carbocycles. The Labute approximate surface area is 134 Å². The van der Waals surface area contributed by atoms with Gasteiger partial charge in [0, 0.05) is 38.9 Å². The lowest BCUT2D eigenvalue weighted by molar-refractivity contribution is 0.0954. The smallest absolute Gasteiger partial charge is 0.251 e. The number of nitrogens with zero attached hydrogens (tertiary/aromatic N) is 2. The summed E-state index contributed by atoms with van der Waals surface area (Å²) in [7, 11) is 1.96. The lowest BCUT2D eigenvalue weighted by Crippen LogP contribution is -2.26. The van der Waals surface area contributed by atoms with Gasteiger partial charge in [-0.2, -0.15) is 0 Å². The van der Waals surface area contributed by atoms with E-state index in [1.807, 2.05) is 36.0 Å². The summed E-state index contributed by atoms with van der Waals surface area (Å²) in [5.41, 5.74) is 3.13. The number of imidazole rings is 1. The molecular weight excluding hydrogens is 274 g/mol. The van der Waals surface area contributed by atoms with Crippen LogP contribution in [0.15, 0.2) is 36.8 Å². The van der Waals surface area contributed by atoms with E-state index < -0.39 is 0 Å². The van der Waals surface area contributed by atoms with E-state index >= 15 is 0 Å². The number of rotatable bonds is 6. The van der Waals surface area contributed by atoms with Crippen LogP contribution in [0.25, 0.3) is 0 Å². The van der Waals surface area contributed by atoms with Crippen molar-refractivity contribution in [1.82, 2.24) is 14.9 Å². The summed E-state index contributed by atoms with van der Waals surface area (Å²) < 4.78 is 1.97. The lowest BCUT2D eigenvalue weighted by Gasteiger charge is -2.23. The molecule has 0 aliphatic heterocycles. The van der Waals surface area contributed by atoms with E-state index in [0.29, 0.717) is 6.54 Å². The third kappa shape index (κ3) is 3.75. The second-order valence-electron chi connectivity index (χ2n) is 6.32. The van der Waals surface area contributed by atoms with Crippen LogP contribution in [0.4, 0.5) is 0 Å². The van der Waals surface area contributed by atoms with Crippen LogP contribution in [0.2, 0.25) is 0 Å². The fraction of sp³-hybridized carbons (Fsp3) is 0.444. The van der Waals surface area contributed by atoms with Crippen LogP contribution >= 0.6 is 0 Å². The molecule has 1 N–H and O–H groups in total. The van der Waals surface area contributed by atoms with Crippen molar-refractivity contribution in [3.05, 3.63) is 53.6 Å². The lowest BCUT2D eigenvalue weighted by atomic mass is 9.81. The molecule has 1 aromatic heterocycles. The van der Waals surface area contributed by atoms with E-state index in [1.54, 1.807) is 6.33 Å². The Bertz CT molecular complexity index is 649. The first kappa shape index (κ1) is 16.3. The second kappa shape index (κ2) is 6.77. The van der Waals surface area contributed by atoms with Gasteiger partial charge < -0.3 is 9.88 Å². The molecule has 0 fully saturated rings. The first-order chi connectivity index (χ1) is 10.4. The Morgan fingerprint density at radius 1 is 1.41 bits per heavy atom. The highest BCUT2D eigenvalue weighted by Gasteiger charge is 2.19. The molecule has 0 bridgehead atoms. The Morgan fingerprint density at radius 2 is 2.18 bits per heavy atom. The average molecular weight is 301 g/mol. The van der Waals surface area contributed by atoms with Crippen molar-refractivity contribution in [3.63, 3.8) is 0 Å². The van der Waals surface area contributed by atoms with Gasteiger partial charge in [0.2, 0.25) is 0 Å². The Kier molecular flexibility index (Phi) is 5.01. The molecule has 120 valence electrons. The average Bonchev–Trinajstić information content (AvgIpc) is 2.92. The quantitative estimate of drug-likeness (QED) is 0.889. The summed E-state index contributed by atoms with van der Waals surface area (Å²) in [6, 6.07) is 7.93. The van der Waals surface area contributed by atoms with Crippen molar-refractivity contribution >= 4 is 5.91 Å². The van der Waals surface area contributed by atoms with Crippen LogP contribution < -0.4 is 5.32 Å². The van der Waals surface area contributed by atoms with E-state index in [2.05, 4.69) is 37.1 Å². The van der Waals surface area contributed by atoms with Crippen molar-refractivity contribution in [2.75, 3.05) is 6.54 Å². The third-order valence-corrected chi connectivity index (χ3v) is 4.37. The molecule has 0 spiro atoms. The van der Waals surface area contributed by atoms with E-state index in [-0.39, 0.29) is 12.7 Å². The monoisotopic (exact) mass is 301 g/mol. The molecule has 2 aromatic rings. The molecule has 4 heteroatoms. The largest absolute Gasteiger partial charge is 0.352 e. The summed E-state index contributed by atoms with van der Waals surface area (Å²) in [5.74, 6) is -0.0177. The normalized spacial score (nSPS) is 11.5. The van der Waals surface area contributed by atoms with Crippen molar-refractivity contribution in [2.24, 2.45) is 7.05 Å². The Balaban J connectivity index is 0.00000264. The number of hydrogen-bond acceptors (Lipinski definition) is 2. The van der Waals surface area contributed by atoms with Gasteiger partial charge in [0.05, 0.1) is 6.33 Å². The van der Waals surface area contributed by atoms with Gasteiger partial charge in [-0.1, -0.05) is 32.9 Å². The van der Waals surface area contributed by atoms with Crippen LogP contribution in [-0.4, -0.2) is 22.0 Å². The number of nitrogens with one attached hydrogen (secondary N) is 1. The minimum Gasteiger partial charge on any atom is -0.352 e. The molecule has 0 aliphatic carbocycles. The number of carbonyl (C=O) groups is 1. The van der Waals surface area contributed by atoms with Crippen LogP contribution in [0.3, 0.4) is 0 Å². The highest BCUT2D eigenvalue weighted by atomic mass is 16.1. The maximum absolute atomic E-state index is 12.3. The summed E-state index contributed by atoms with van der Waals surface area (Å²) in [4.78, 5) is 16.4. The van der Waals surface area contributed by atoms with Gasteiger partial charge >= 0.3 is 0 Å². The fourth-order valence-corrected chi connectivity index (χ4v) is 2.32. The summed E-state index contributed by atoms with van der Waals surface area (Å²) in [5, 5.41) is 2.98. The van der Waals surface area contributed by atoms with Gasteiger partial charge in [-0.25, -0.2) is 4.98 Å².